The van der Waals surface area contributed by atoms with Crippen molar-refractivity contribution in [1.29, 1.82) is 0 Å². The van der Waals surface area contributed by atoms with E-state index < -0.39 is 0 Å². The minimum absolute atomic E-state index is 0.0363. The molecule has 7 heteroatoms. The first-order valence-corrected chi connectivity index (χ1v) is 10.5. The molecule has 3 rings (SSSR count). The number of aromatic hydroxyl groups is 2. The molecule has 2 aliphatic heterocycles. The lowest BCUT2D eigenvalue weighted by Gasteiger charge is -2.39. The summed E-state index contributed by atoms with van der Waals surface area (Å²) >= 11 is 0. The average molecular weight is 403 g/mol. The SMILES string of the molecule is CCC(CC(C)[N+]1(CC(=O)c2ccc(O)c(O)c2)CCCC1=O)N1CCCC1=O. The van der Waals surface area contributed by atoms with Gasteiger partial charge in [0.25, 0.3) is 0 Å². The number of Topliss-reactive ketones (excluding diaryl/α,β-unsaturated/α-hetero) is 1. The maximum Gasteiger partial charge on any atom is 0.314 e. The van der Waals surface area contributed by atoms with E-state index in [9.17, 15) is 24.6 Å². The average Bonchev–Trinajstić information content (AvgIpc) is 3.28. The van der Waals surface area contributed by atoms with Gasteiger partial charge in [0.05, 0.1) is 19.0 Å². The second-order valence-electron chi connectivity index (χ2n) is 8.38. The molecule has 0 saturated carbocycles. The number of carbonyl (C=O) groups excluding carboxylic acids is 3. The fraction of sp³-hybridized carbons (Fsp3) is 0.591. The van der Waals surface area contributed by atoms with Gasteiger partial charge >= 0.3 is 5.91 Å². The molecule has 3 atom stereocenters. The molecule has 2 heterocycles. The van der Waals surface area contributed by atoms with Crippen molar-refractivity contribution in [2.24, 2.45) is 0 Å². The van der Waals surface area contributed by atoms with Gasteiger partial charge in [-0.15, -0.1) is 0 Å². The van der Waals surface area contributed by atoms with Crippen molar-refractivity contribution in [3.8, 4) is 11.5 Å². The molecule has 1 aromatic rings. The van der Waals surface area contributed by atoms with E-state index in [1.165, 1.54) is 18.2 Å². The number of phenolic OH excluding ortho intramolecular Hbond substituents is 2. The van der Waals surface area contributed by atoms with Gasteiger partial charge in [-0.1, -0.05) is 6.92 Å². The largest absolute Gasteiger partial charge is 0.504 e. The van der Waals surface area contributed by atoms with Crippen LogP contribution in [0.4, 0.5) is 0 Å². The van der Waals surface area contributed by atoms with Gasteiger partial charge in [0.15, 0.2) is 11.5 Å². The normalized spacial score (nSPS) is 24.1. The monoisotopic (exact) mass is 403 g/mol. The molecular weight excluding hydrogens is 372 g/mol. The smallest absolute Gasteiger partial charge is 0.314 e. The summed E-state index contributed by atoms with van der Waals surface area (Å²) in [5.41, 5.74) is 0.284. The van der Waals surface area contributed by atoms with Crippen LogP contribution < -0.4 is 0 Å². The Hall–Kier alpha value is -2.41. The Morgan fingerprint density at radius 2 is 1.93 bits per heavy atom. The fourth-order valence-corrected chi connectivity index (χ4v) is 4.86. The number of quaternary nitrogens is 1. The van der Waals surface area contributed by atoms with Crippen molar-refractivity contribution in [3.63, 3.8) is 0 Å². The van der Waals surface area contributed by atoms with Crippen LogP contribution >= 0.6 is 0 Å². The first-order chi connectivity index (χ1) is 13.8. The van der Waals surface area contributed by atoms with Crippen LogP contribution in [0.5, 0.6) is 11.5 Å². The summed E-state index contributed by atoms with van der Waals surface area (Å²) in [5.74, 6) is -0.609. The summed E-state index contributed by atoms with van der Waals surface area (Å²) in [6, 6.07) is 4.00. The van der Waals surface area contributed by atoms with Crippen LogP contribution in [0.3, 0.4) is 0 Å². The third-order valence-corrected chi connectivity index (χ3v) is 6.65. The first-order valence-electron chi connectivity index (χ1n) is 10.5. The van der Waals surface area contributed by atoms with E-state index in [-0.39, 0.29) is 57.8 Å². The van der Waals surface area contributed by atoms with Crippen molar-refractivity contribution in [3.05, 3.63) is 23.8 Å². The highest BCUT2D eigenvalue weighted by molar-refractivity contribution is 5.98. The number of benzene rings is 1. The molecule has 2 fully saturated rings. The molecule has 158 valence electrons. The van der Waals surface area contributed by atoms with Crippen LogP contribution in [-0.4, -0.2) is 68.9 Å². The number of amides is 2. The zero-order valence-corrected chi connectivity index (χ0v) is 17.3. The minimum Gasteiger partial charge on any atom is -0.504 e. The van der Waals surface area contributed by atoms with Crippen LogP contribution in [0, 0.1) is 0 Å². The van der Waals surface area contributed by atoms with Gasteiger partial charge < -0.3 is 15.1 Å². The predicted molar refractivity (Wildman–Crippen MR) is 107 cm³/mol. The molecule has 1 aromatic carbocycles. The Kier molecular flexibility index (Phi) is 6.27. The molecule has 2 aliphatic rings. The lowest BCUT2D eigenvalue weighted by molar-refractivity contribution is -0.862. The first kappa shape index (κ1) is 21.3. The molecule has 2 amide bonds. The van der Waals surface area contributed by atoms with Crippen molar-refractivity contribution in [2.75, 3.05) is 19.6 Å². The summed E-state index contributed by atoms with van der Waals surface area (Å²) in [6.45, 7) is 5.48. The third kappa shape index (κ3) is 4.15. The van der Waals surface area contributed by atoms with E-state index >= 15 is 0 Å². The predicted octanol–water partition coefficient (Wildman–Crippen LogP) is 2.60. The fourth-order valence-electron chi connectivity index (χ4n) is 4.86. The Morgan fingerprint density at radius 1 is 1.17 bits per heavy atom. The maximum atomic E-state index is 13.0. The molecule has 2 N–H and O–H groups in total. The molecule has 29 heavy (non-hydrogen) atoms. The Balaban J connectivity index is 1.80. The van der Waals surface area contributed by atoms with Gasteiger partial charge in [0, 0.05) is 37.4 Å². The summed E-state index contributed by atoms with van der Waals surface area (Å²) in [6.07, 6.45) is 4.18. The standard InChI is InChI=1S/C22H30N2O5/c1-3-17(23-10-4-6-21(23)28)12-15(2)24(11-5-7-22(24)29)14-20(27)16-8-9-18(25)19(26)13-16/h8-9,13,15,17H,3-7,10-12,14H2,1-2H3,(H-,25,26,27)/p+1. The number of hydrogen-bond acceptors (Lipinski definition) is 5. The van der Waals surface area contributed by atoms with Crippen molar-refractivity contribution >= 4 is 17.6 Å². The number of phenols is 2. The topological polar surface area (TPSA) is 94.9 Å². The van der Waals surface area contributed by atoms with Crippen LogP contribution in [0.25, 0.3) is 0 Å². The zero-order valence-electron chi connectivity index (χ0n) is 17.3. The second kappa shape index (κ2) is 8.53. The number of ketones is 1. The Morgan fingerprint density at radius 3 is 2.48 bits per heavy atom. The lowest BCUT2D eigenvalue weighted by Crippen LogP contribution is -2.59. The molecule has 0 bridgehead atoms. The van der Waals surface area contributed by atoms with Crippen LogP contribution in [-0.2, 0) is 9.59 Å². The highest BCUT2D eigenvalue weighted by atomic mass is 16.3. The molecule has 3 unspecified atom stereocenters. The van der Waals surface area contributed by atoms with E-state index in [4.69, 9.17) is 0 Å². The lowest BCUT2D eigenvalue weighted by atomic mass is 9.99. The molecule has 7 nitrogen and oxygen atoms in total. The van der Waals surface area contributed by atoms with E-state index in [1.807, 2.05) is 11.8 Å². The maximum absolute atomic E-state index is 13.0. The Labute approximate surface area is 171 Å². The summed E-state index contributed by atoms with van der Waals surface area (Å²) < 4.78 is 0.0962. The second-order valence-corrected chi connectivity index (χ2v) is 8.38. The van der Waals surface area contributed by atoms with Gasteiger partial charge in [-0.3, -0.25) is 14.1 Å². The quantitative estimate of drug-likeness (QED) is 0.395. The highest BCUT2D eigenvalue weighted by Crippen LogP contribution is 2.32. The molecular formula is C22H31N2O5+. The van der Waals surface area contributed by atoms with Crippen molar-refractivity contribution < 1.29 is 29.1 Å². The van der Waals surface area contributed by atoms with Gasteiger partial charge in [-0.25, -0.2) is 4.79 Å². The van der Waals surface area contributed by atoms with Gasteiger partial charge in [0.2, 0.25) is 11.7 Å². The molecule has 0 aromatic heterocycles. The summed E-state index contributed by atoms with van der Waals surface area (Å²) in [7, 11) is 0. The Bertz CT molecular complexity index is 808. The van der Waals surface area contributed by atoms with Crippen molar-refractivity contribution in [2.45, 2.75) is 64.5 Å². The van der Waals surface area contributed by atoms with E-state index in [2.05, 4.69) is 6.92 Å². The molecule has 0 radical (unpaired) electrons. The number of carbonyl (C=O) groups is 3. The van der Waals surface area contributed by atoms with Crippen LogP contribution in [0.2, 0.25) is 0 Å². The molecule has 0 aliphatic carbocycles. The zero-order chi connectivity index (χ0) is 21.2. The van der Waals surface area contributed by atoms with Crippen LogP contribution in [0.15, 0.2) is 18.2 Å². The van der Waals surface area contributed by atoms with E-state index in [0.717, 1.165) is 25.8 Å². The molecule has 2 saturated heterocycles. The van der Waals surface area contributed by atoms with Gasteiger partial charge in [-0.05, 0) is 38.0 Å². The summed E-state index contributed by atoms with van der Waals surface area (Å²) in [4.78, 5) is 40.0. The van der Waals surface area contributed by atoms with Gasteiger partial charge in [0.1, 0.15) is 6.54 Å². The minimum atomic E-state index is -0.346. The number of hydrogen-bond donors (Lipinski definition) is 2. The number of likely N-dealkylation sites (tertiary alicyclic amines) is 2. The molecule has 0 spiro atoms. The number of nitrogens with zero attached hydrogens (tertiary/aromatic N) is 2. The third-order valence-electron chi connectivity index (χ3n) is 6.65. The van der Waals surface area contributed by atoms with Crippen molar-refractivity contribution in [1.82, 2.24) is 4.90 Å². The van der Waals surface area contributed by atoms with Crippen LogP contribution in [0.1, 0.15) is 62.7 Å². The van der Waals surface area contributed by atoms with E-state index in [1.54, 1.807) is 0 Å². The number of rotatable bonds is 8. The summed E-state index contributed by atoms with van der Waals surface area (Å²) in [5, 5.41) is 19.2. The van der Waals surface area contributed by atoms with E-state index in [0.29, 0.717) is 25.8 Å². The van der Waals surface area contributed by atoms with Gasteiger partial charge in [-0.2, -0.15) is 0 Å². The highest BCUT2D eigenvalue weighted by Gasteiger charge is 2.48.